The topological polar surface area (TPSA) is 120 Å². The predicted octanol–water partition coefficient (Wildman–Crippen LogP) is 1.06. The Labute approximate surface area is 165 Å². The summed E-state index contributed by atoms with van der Waals surface area (Å²) in [6.07, 6.45) is 6.15. The molecule has 0 bridgehead atoms. The van der Waals surface area contributed by atoms with Gasteiger partial charge in [0.05, 0.1) is 12.1 Å². The van der Waals surface area contributed by atoms with E-state index in [-0.39, 0.29) is 24.0 Å². The molecule has 8 nitrogen and oxygen atoms in total. The van der Waals surface area contributed by atoms with Gasteiger partial charge in [0, 0.05) is 17.4 Å². The number of hydrogen-bond acceptors (Lipinski definition) is 5. The van der Waals surface area contributed by atoms with Crippen LogP contribution in [-0.2, 0) is 9.59 Å². The Morgan fingerprint density at radius 1 is 1.22 bits per heavy atom. The van der Waals surface area contributed by atoms with Crippen LogP contribution < -0.4 is 21.3 Å². The molecule has 0 aromatic carbocycles. The minimum Gasteiger partial charge on any atom is -0.480 e. The van der Waals surface area contributed by atoms with E-state index in [0.29, 0.717) is 18.1 Å². The molecule has 5 N–H and O–H groups in total. The summed E-state index contributed by atoms with van der Waals surface area (Å²) in [6.45, 7) is 0.921. The highest BCUT2D eigenvalue weighted by Gasteiger charge is 2.42. The zero-order chi connectivity index (χ0) is 19.6. The van der Waals surface area contributed by atoms with Crippen LogP contribution in [0.4, 0.5) is 4.79 Å². The van der Waals surface area contributed by atoms with Crippen molar-refractivity contribution in [1.82, 2.24) is 21.3 Å². The summed E-state index contributed by atoms with van der Waals surface area (Å²) in [6, 6.07) is -0.464. The number of urea groups is 1. The monoisotopic (exact) mass is 400 g/mol. The number of carbonyl (C=O) groups is 3. The van der Waals surface area contributed by atoms with E-state index in [4.69, 9.17) is 0 Å². The second-order valence-corrected chi connectivity index (χ2v) is 8.55. The summed E-state index contributed by atoms with van der Waals surface area (Å²) in [5, 5.41) is 21.3. The van der Waals surface area contributed by atoms with Crippen LogP contribution >= 0.6 is 11.8 Å². The Hall–Kier alpha value is -1.48. The number of hydrogen-bond donors (Lipinski definition) is 5. The standard InChI is InChI=1S/C18H32N4O4S/c1-19-10-6-2-3-7-12(17(24)25)20-15(23)9-5-4-8-14-16-13(11-27-14)21-18(26)22-16/h12-14,16,19H,2-11H2,1H3,(H,20,23)(H,24,25)(H2,21,22,26). The summed E-state index contributed by atoms with van der Waals surface area (Å²) < 4.78 is 0. The number of fused-ring (bicyclic) bond motifs is 1. The zero-order valence-corrected chi connectivity index (χ0v) is 16.8. The van der Waals surface area contributed by atoms with Crippen molar-refractivity contribution in [2.75, 3.05) is 19.3 Å². The maximum atomic E-state index is 12.1. The van der Waals surface area contributed by atoms with Crippen molar-refractivity contribution < 1.29 is 19.5 Å². The third-order valence-electron chi connectivity index (χ3n) is 5.13. The van der Waals surface area contributed by atoms with E-state index >= 15 is 0 Å². The fraction of sp³-hybridized carbons (Fsp3) is 0.833. The lowest BCUT2D eigenvalue weighted by Crippen LogP contribution is -2.40. The number of carboxylic acids is 1. The average Bonchev–Trinajstić information content (AvgIpc) is 3.16. The molecule has 2 heterocycles. The molecule has 0 aliphatic carbocycles. The molecule has 0 saturated carbocycles. The van der Waals surface area contributed by atoms with Crippen molar-refractivity contribution in [2.45, 2.75) is 74.7 Å². The lowest BCUT2D eigenvalue weighted by molar-refractivity contribution is -0.142. The first-order valence-corrected chi connectivity index (χ1v) is 10.9. The van der Waals surface area contributed by atoms with Gasteiger partial charge in [-0.25, -0.2) is 9.59 Å². The van der Waals surface area contributed by atoms with Gasteiger partial charge in [0.1, 0.15) is 6.04 Å². The van der Waals surface area contributed by atoms with E-state index in [9.17, 15) is 19.5 Å². The van der Waals surface area contributed by atoms with E-state index in [2.05, 4.69) is 21.3 Å². The van der Waals surface area contributed by atoms with Crippen molar-refractivity contribution in [2.24, 2.45) is 0 Å². The quantitative estimate of drug-likeness (QED) is 0.233. The van der Waals surface area contributed by atoms with E-state index in [1.54, 1.807) is 0 Å². The van der Waals surface area contributed by atoms with Crippen LogP contribution in [0.1, 0.15) is 51.4 Å². The van der Waals surface area contributed by atoms with E-state index < -0.39 is 12.0 Å². The van der Waals surface area contributed by atoms with Crippen molar-refractivity contribution in [3.63, 3.8) is 0 Å². The second kappa shape index (κ2) is 11.4. The number of aliphatic carboxylic acids is 1. The molecule has 4 atom stereocenters. The minimum absolute atomic E-state index is 0.0830. The average molecular weight is 401 g/mol. The molecule has 0 aromatic heterocycles. The van der Waals surface area contributed by atoms with Gasteiger partial charge in [0.2, 0.25) is 5.91 Å². The largest absolute Gasteiger partial charge is 0.480 e. The Balaban J connectivity index is 1.58. The molecule has 2 aliphatic rings. The highest BCUT2D eigenvalue weighted by molar-refractivity contribution is 8.00. The Morgan fingerprint density at radius 3 is 2.78 bits per heavy atom. The predicted molar refractivity (Wildman–Crippen MR) is 106 cm³/mol. The number of thioether (sulfide) groups is 1. The van der Waals surface area contributed by atoms with Crippen LogP contribution in [0.25, 0.3) is 0 Å². The van der Waals surface area contributed by atoms with E-state index in [1.807, 2.05) is 18.8 Å². The Morgan fingerprint density at radius 2 is 2.04 bits per heavy atom. The molecule has 27 heavy (non-hydrogen) atoms. The molecule has 0 aromatic rings. The summed E-state index contributed by atoms with van der Waals surface area (Å²) in [5.74, 6) is -0.219. The number of nitrogens with one attached hydrogen (secondary N) is 4. The minimum atomic E-state index is -0.963. The third-order valence-corrected chi connectivity index (χ3v) is 6.64. The number of unbranched alkanes of at least 4 members (excludes halogenated alkanes) is 3. The van der Waals surface area contributed by atoms with Crippen molar-refractivity contribution in [3.8, 4) is 0 Å². The molecule has 2 fully saturated rings. The molecule has 2 rings (SSSR count). The van der Waals surface area contributed by atoms with E-state index in [1.165, 1.54) is 0 Å². The first-order chi connectivity index (χ1) is 13.0. The number of carbonyl (C=O) groups excluding carboxylic acids is 2. The van der Waals surface area contributed by atoms with Crippen LogP contribution in [0, 0.1) is 0 Å². The van der Waals surface area contributed by atoms with Gasteiger partial charge in [-0.2, -0.15) is 11.8 Å². The van der Waals surface area contributed by atoms with Gasteiger partial charge in [-0.3, -0.25) is 4.79 Å². The molecule has 2 saturated heterocycles. The van der Waals surface area contributed by atoms with Gasteiger partial charge < -0.3 is 26.4 Å². The smallest absolute Gasteiger partial charge is 0.326 e. The van der Waals surface area contributed by atoms with Crippen LogP contribution in [0.15, 0.2) is 0 Å². The second-order valence-electron chi connectivity index (χ2n) is 7.28. The number of rotatable bonds is 13. The summed E-state index contributed by atoms with van der Waals surface area (Å²) >= 11 is 1.86. The van der Waals surface area contributed by atoms with Gasteiger partial charge in [0.15, 0.2) is 0 Å². The third kappa shape index (κ3) is 7.21. The van der Waals surface area contributed by atoms with E-state index in [0.717, 1.165) is 50.8 Å². The summed E-state index contributed by atoms with van der Waals surface area (Å²) in [7, 11) is 1.89. The van der Waals surface area contributed by atoms with Gasteiger partial charge in [-0.1, -0.05) is 19.3 Å². The van der Waals surface area contributed by atoms with Crippen LogP contribution in [0.5, 0.6) is 0 Å². The Kier molecular flexibility index (Phi) is 9.20. The summed E-state index contributed by atoms with van der Waals surface area (Å²) in [4.78, 5) is 34.7. The highest BCUT2D eigenvalue weighted by atomic mass is 32.2. The first kappa shape index (κ1) is 21.8. The fourth-order valence-corrected chi connectivity index (χ4v) is 5.17. The van der Waals surface area contributed by atoms with Gasteiger partial charge in [-0.05, 0) is 39.3 Å². The molecule has 9 heteroatoms. The lowest BCUT2D eigenvalue weighted by atomic mass is 10.0. The zero-order valence-electron chi connectivity index (χ0n) is 16.0. The molecule has 154 valence electrons. The van der Waals surface area contributed by atoms with Gasteiger partial charge >= 0.3 is 12.0 Å². The molecule has 4 unspecified atom stereocenters. The maximum absolute atomic E-state index is 12.1. The van der Waals surface area contributed by atoms with Crippen LogP contribution in [-0.4, -0.2) is 65.7 Å². The SMILES string of the molecule is CNCCCCCC(NC(=O)CCCCC1SCC2NC(=O)NC21)C(=O)O. The number of amides is 3. The van der Waals surface area contributed by atoms with Gasteiger partial charge in [-0.15, -0.1) is 0 Å². The van der Waals surface area contributed by atoms with Crippen LogP contribution in [0.2, 0.25) is 0 Å². The molecule has 3 amide bonds. The maximum Gasteiger partial charge on any atom is 0.326 e. The molecular formula is C18H32N4O4S. The Bertz CT molecular complexity index is 520. The van der Waals surface area contributed by atoms with Crippen molar-refractivity contribution in [3.05, 3.63) is 0 Å². The molecular weight excluding hydrogens is 368 g/mol. The normalized spacial score (nSPS) is 24.8. The molecule has 2 aliphatic heterocycles. The molecule has 0 spiro atoms. The van der Waals surface area contributed by atoms with Crippen molar-refractivity contribution in [1.29, 1.82) is 0 Å². The highest BCUT2D eigenvalue weighted by Crippen LogP contribution is 2.33. The van der Waals surface area contributed by atoms with Gasteiger partial charge in [0.25, 0.3) is 0 Å². The first-order valence-electron chi connectivity index (χ1n) is 9.86. The molecule has 0 radical (unpaired) electrons. The summed E-state index contributed by atoms with van der Waals surface area (Å²) in [5.41, 5.74) is 0. The van der Waals surface area contributed by atoms with Crippen molar-refractivity contribution >= 4 is 29.7 Å². The van der Waals surface area contributed by atoms with Crippen LogP contribution in [0.3, 0.4) is 0 Å². The fourth-order valence-electron chi connectivity index (χ4n) is 3.62. The lowest BCUT2D eigenvalue weighted by Gasteiger charge is -2.17. The number of carboxylic acid groups (broad SMARTS) is 1.